The van der Waals surface area contributed by atoms with Crippen LogP contribution < -0.4 is 14.8 Å². The number of carbonyl (C=O) groups excluding carboxylic acids is 1. The van der Waals surface area contributed by atoms with Crippen molar-refractivity contribution in [2.24, 2.45) is 0 Å². The first kappa shape index (κ1) is 18.3. The van der Waals surface area contributed by atoms with Crippen molar-refractivity contribution in [1.82, 2.24) is 4.98 Å². The van der Waals surface area contributed by atoms with Crippen LogP contribution in [0.15, 0.2) is 42.5 Å². The number of aromatic nitrogens is 1. The number of aryl methyl sites for hydroxylation is 1. The Morgan fingerprint density at radius 3 is 2.71 bits per heavy atom. The van der Waals surface area contributed by atoms with E-state index in [-0.39, 0.29) is 12.3 Å². The molecule has 0 atom stereocenters. The van der Waals surface area contributed by atoms with Crippen molar-refractivity contribution in [1.29, 1.82) is 0 Å². The Labute approximate surface area is 164 Å². The lowest BCUT2D eigenvalue weighted by atomic mass is 9.92. The maximum Gasteiger partial charge on any atom is 0.228 e. The van der Waals surface area contributed by atoms with Gasteiger partial charge in [-0.15, -0.1) is 0 Å². The van der Waals surface area contributed by atoms with Crippen molar-refractivity contribution < 1.29 is 14.3 Å². The second-order valence-corrected chi connectivity index (χ2v) is 7.04. The number of para-hydroxylation sites is 1. The van der Waals surface area contributed by atoms with Gasteiger partial charge in [-0.05, 0) is 43.4 Å². The first-order valence-electron chi connectivity index (χ1n) is 9.61. The fourth-order valence-electron chi connectivity index (χ4n) is 3.87. The summed E-state index contributed by atoms with van der Waals surface area (Å²) in [6.45, 7) is 0. The Morgan fingerprint density at radius 2 is 1.89 bits per heavy atom. The average molecular weight is 376 g/mol. The van der Waals surface area contributed by atoms with Crippen molar-refractivity contribution in [2.75, 3.05) is 19.5 Å². The fraction of sp³-hybridized carbons (Fsp3) is 0.304. The van der Waals surface area contributed by atoms with Crippen LogP contribution >= 0.6 is 0 Å². The second-order valence-electron chi connectivity index (χ2n) is 7.04. The maximum absolute atomic E-state index is 12.9. The molecule has 0 bridgehead atoms. The van der Waals surface area contributed by atoms with Crippen LogP contribution in [0.25, 0.3) is 10.9 Å². The molecule has 5 heteroatoms. The summed E-state index contributed by atoms with van der Waals surface area (Å²) in [5.41, 5.74) is 4.97. The summed E-state index contributed by atoms with van der Waals surface area (Å²) >= 11 is 0. The van der Waals surface area contributed by atoms with Crippen molar-refractivity contribution in [3.63, 3.8) is 0 Å². The molecule has 1 aromatic heterocycles. The van der Waals surface area contributed by atoms with E-state index in [1.165, 1.54) is 5.56 Å². The monoisotopic (exact) mass is 376 g/mol. The van der Waals surface area contributed by atoms with Crippen LogP contribution in [0.1, 0.15) is 29.7 Å². The molecule has 0 fully saturated rings. The van der Waals surface area contributed by atoms with Gasteiger partial charge in [0.15, 0.2) is 0 Å². The van der Waals surface area contributed by atoms with Crippen LogP contribution in [0.2, 0.25) is 0 Å². The quantitative estimate of drug-likeness (QED) is 0.721. The second kappa shape index (κ2) is 7.89. The Hall–Kier alpha value is -3.08. The molecule has 1 aliphatic rings. The van der Waals surface area contributed by atoms with E-state index in [2.05, 4.69) is 5.32 Å². The summed E-state index contributed by atoms with van der Waals surface area (Å²) in [6.07, 6.45) is 4.43. The molecule has 0 aliphatic heterocycles. The molecule has 0 unspecified atom stereocenters. The Balaban J connectivity index is 1.66. The van der Waals surface area contributed by atoms with E-state index in [0.717, 1.165) is 53.5 Å². The third-order valence-corrected chi connectivity index (χ3v) is 5.28. The van der Waals surface area contributed by atoms with E-state index in [9.17, 15) is 4.79 Å². The van der Waals surface area contributed by atoms with Gasteiger partial charge >= 0.3 is 0 Å². The standard InChI is InChI=1S/C23H24N2O3/c1-27-16-12-11-15(21(14-16)28-2)13-22(26)25-23-17-7-3-5-9-19(17)24-20-10-6-4-8-18(20)23/h3,5,7,9,11-12,14H,4,6,8,10,13H2,1-2H3,(H,24,25,26). The van der Waals surface area contributed by atoms with Gasteiger partial charge in [0.25, 0.3) is 0 Å². The van der Waals surface area contributed by atoms with E-state index in [4.69, 9.17) is 14.5 Å². The number of pyridine rings is 1. The van der Waals surface area contributed by atoms with Gasteiger partial charge < -0.3 is 14.8 Å². The highest BCUT2D eigenvalue weighted by molar-refractivity contribution is 6.03. The molecule has 0 saturated heterocycles. The highest BCUT2D eigenvalue weighted by atomic mass is 16.5. The van der Waals surface area contributed by atoms with Crippen LogP contribution in [-0.2, 0) is 24.1 Å². The van der Waals surface area contributed by atoms with E-state index in [1.54, 1.807) is 20.3 Å². The zero-order valence-electron chi connectivity index (χ0n) is 16.2. The van der Waals surface area contributed by atoms with Crippen molar-refractivity contribution in [2.45, 2.75) is 32.1 Å². The molecule has 5 nitrogen and oxygen atoms in total. The Morgan fingerprint density at radius 1 is 1.07 bits per heavy atom. The van der Waals surface area contributed by atoms with Gasteiger partial charge in [0.1, 0.15) is 11.5 Å². The van der Waals surface area contributed by atoms with Gasteiger partial charge in [0, 0.05) is 22.7 Å². The summed E-state index contributed by atoms with van der Waals surface area (Å²) in [4.78, 5) is 17.7. The number of amides is 1. The molecule has 1 heterocycles. The number of anilines is 1. The number of nitrogens with zero attached hydrogens (tertiary/aromatic N) is 1. The minimum atomic E-state index is -0.0624. The lowest BCUT2D eigenvalue weighted by Gasteiger charge is -2.21. The molecule has 0 saturated carbocycles. The highest BCUT2D eigenvalue weighted by Gasteiger charge is 2.20. The average Bonchev–Trinajstić information content (AvgIpc) is 2.73. The molecule has 1 N–H and O–H groups in total. The Bertz CT molecular complexity index is 1030. The molecule has 0 radical (unpaired) electrons. The van der Waals surface area contributed by atoms with Gasteiger partial charge in [-0.3, -0.25) is 9.78 Å². The number of fused-ring (bicyclic) bond motifs is 2. The zero-order chi connectivity index (χ0) is 19.5. The van der Waals surface area contributed by atoms with Gasteiger partial charge in [-0.1, -0.05) is 24.3 Å². The highest BCUT2D eigenvalue weighted by Crippen LogP contribution is 2.33. The van der Waals surface area contributed by atoms with E-state index in [0.29, 0.717) is 11.5 Å². The van der Waals surface area contributed by atoms with E-state index < -0.39 is 0 Å². The number of methoxy groups -OCH3 is 2. The van der Waals surface area contributed by atoms with Crippen LogP contribution in [0.4, 0.5) is 5.69 Å². The van der Waals surface area contributed by atoms with Crippen molar-refractivity contribution in [3.05, 3.63) is 59.3 Å². The number of nitrogens with one attached hydrogen (secondary N) is 1. The molecule has 144 valence electrons. The SMILES string of the molecule is COc1ccc(CC(=O)Nc2c3c(nc4ccccc24)CCCC3)c(OC)c1. The summed E-state index contributed by atoms with van der Waals surface area (Å²) in [5.74, 6) is 1.29. The topological polar surface area (TPSA) is 60.5 Å². The predicted molar refractivity (Wildman–Crippen MR) is 110 cm³/mol. The molecule has 4 rings (SSSR count). The summed E-state index contributed by atoms with van der Waals surface area (Å²) in [6, 6.07) is 13.5. The lowest BCUT2D eigenvalue weighted by molar-refractivity contribution is -0.115. The van der Waals surface area contributed by atoms with Crippen LogP contribution in [-0.4, -0.2) is 25.1 Å². The fourth-order valence-corrected chi connectivity index (χ4v) is 3.87. The minimum absolute atomic E-state index is 0.0624. The molecular formula is C23H24N2O3. The van der Waals surface area contributed by atoms with Crippen molar-refractivity contribution >= 4 is 22.5 Å². The van der Waals surface area contributed by atoms with Crippen molar-refractivity contribution in [3.8, 4) is 11.5 Å². The van der Waals surface area contributed by atoms with Crippen LogP contribution in [0.3, 0.4) is 0 Å². The lowest BCUT2D eigenvalue weighted by Crippen LogP contribution is -2.18. The first-order valence-corrected chi connectivity index (χ1v) is 9.61. The normalized spacial score (nSPS) is 13.1. The molecule has 3 aromatic rings. The number of hydrogen-bond donors (Lipinski definition) is 1. The third kappa shape index (κ3) is 3.52. The summed E-state index contributed by atoms with van der Waals surface area (Å²) < 4.78 is 10.7. The van der Waals surface area contributed by atoms with Crippen LogP contribution in [0, 0.1) is 0 Å². The molecule has 28 heavy (non-hydrogen) atoms. The number of benzene rings is 2. The number of hydrogen-bond acceptors (Lipinski definition) is 4. The van der Waals surface area contributed by atoms with E-state index in [1.807, 2.05) is 36.4 Å². The molecule has 1 amide bonds. The minimum Gasteiger partial charge on any atom is -0.497 e. The van der Waals surface area contributed by atoms with Crippen LogP contribution in [0.5, 0.6) is 11.5 Å². The maximum atomic E-state index is 12.9. The van der Waals surface area contributed by atoms with E-state index >= 15 is 0 Å². The predicted octanol–water partition coefficient (Wildman–Crippen LogP) is 4.31. The largest absolute Gasteiger partial charge is 0.497 e. The number of rotatable bonds is 5. The summed E-state index contributed by atoms with van der Waals surface area (Å²) in [5, 5.41) is 4.17. The smallest absolute Gasteiger partial charge is 0.228 e. The molecule has 0 spiro atoms. The first-order chi connectivity index (χ1) is 13.7. The van der Waals surface area contributed by atoms with Gasteiger partial charge in [0.2, 0.25) is 5.91 Å². The molecule has 1 aliphatic carbocycles. The van der Waals surface area contributed by atoms with Gasteiger partial charge in [-0.2, -0.15) is 0 Å². The summed E-state index contributed by atoms with van der Waals surface area (Å²) in [7, 11) is 3.21. The Kier molecular flexibility index (Phi) is 5.15. The molecule has 2 aromatic carbocycles. The number of carbonyl (C=O) groups is 1. The third-order valence-electron chi connectivity index (χ3n) is 5.28. The zero-order valence-corrected chi connectivity index (χ0v) is 16.2. The number of ether oxygens (including phenoxy) is 2. The van der Waals surface area contributed by atoms with Gasteiger partial charge in [-0.25, -0.2) is 0 Å². The van der Waals surface area contributed by atoms with Gasteiger partial charge in [0.05, 0.1) is 31.8 Å². The molecular weight excluding hydrogens is 352 g/mol.